The summed E-state index contributed by atoms with van der Waals surface area (Å²) in [5.41, 5.74) is 1.09. The number of hydrogen-bond acceptors (Lipinski definition) is 3. The molecule has 1 saturated heterocycles. The summed E-state index contributed by atoms with van der Waals surface area (Å²) < 4.78 is 36.7. The van der Waals surface area contributed by atoms with Gasteiger partial charge in [-0.05, 0) is 37.1 Å². The first-order chi connectivity index (χ1) is 9.03. The lowest BCUT2D eigenvalue weighted by Crippen LogP contribution is -2.33. The third kappa shape index (κ3) is 5.16. The summed E-state index contributed by atoms with van der Waals surface area (Å²) >= 11 is 0. The van der Waals surface area contributed by atoms with Gasteiger partial charge >= 0.3 is 6.18 Å². The van der Waals surface area contributed by atoms with Gasteiger partial charge in [0.2, 0.25) is 0 Å². The van der Waals surface area contributed by atoms with Crippen LogP contribution in [0.2, 0.25) is 0 Å². The molecule has 19 heavy (non-hydrogen) atoms. The average Bonchev–Trinajstić information content (AvgIpc) is 2.76. The Bertz CT molecular complexity index is 380. The minimum Gasteiger partial charge on any atom is -0.312 e. The number of hydrogen-bond donors (Lipinski definition) is 1. The summed E-state index contributed by atoms with van der Waals surface area (Å²) in [6.45, 7) is 1.75. The Morgan fingerprint density at radius 1 is 1.42 bits per heavy atom. The van der Waals surface area contributed by atoms with Gasteiger partial charge in [-0.2, -0.15) is 13.2 Å². The predicted molar refractivity (Wildman–Crippen MR) is 66.5 cm³/mol. The SMILES string of the molecule is FC(F)(F)CN1CCC(CNCc2cccnc2)C1. The van der Waals surface area contributed by atoms with Gasteiger partial charge in [-0.1, -0.05) is 6.07 Å². The first-order valence-corrected chi connectivity index (χ1v) is 6.42. The molecule has 1 aliphatic rings. The summed E-state index contributed by atoms with van der Waals surface area (Å²) in [5.74, 6) is 0.305. The zero-order valence-electron chi connectivity index (χ0n) is 10.7. The molecule has 6 heteroatoms. The van der Waals surface area contributed by atoms with E-state index in [2.05, 4.69) is 10.3 Å². The van der Waals surface area contributed by atoms with Crippen molar-refractivity contribution in [2.24, 2.45) is 5.92 Å². The van der Waals surface area contributed by atoms with E-state index in [1.165, 1.54) is 4.90 Å². The van der Waals surface area contributed by atoms with Crippen LogP contribution in [0.3, 0.4) is 0 Å². The molecule has 2 rings (SSSR count). The lowest BCUT2D eigenvalue weighted by atomic mass is 10.1. The second-order valence-corrected chi connectivity index (χ2v) is 5.00. The number of rotatable bonds is 5. The van der Waals surface area contributed by atoms with Gasteiger partial charge < -0.3 is 5.32 Å². The average molecular weight is 273 g/mol. The van der Waals surface area contributed by atoms with E-state index in [9.17, 15) is 13.2 Å². The van der Waals surface area contributed by atoms with E-state index in [4.69, 9.17) is 0 Å². The maximum atomic E-state index is 12.2. The Kier molecular flexibility index (Phi) is 4.76. The fourth-order valence-electron chi connectivity index (χ4n) is 2.40. The molecule has 1 unspecified atom stereocenters. The zero-order chi connectivity index (χ0) is 13.7. The molecule has 1 aliphatic heterocycles. The number of nitrogens with one attached hydrogen (secondary N) is 1. The number of halogens is 3. The van der Waals surface area contributed by atoms with E-state index >= 15 is 0 Å². The van der Waals surface area contributed by atoms with Crippen molar-refractivity contribution in [1.29, 1.82) is 0 Å². The molecule has 0 spiro atoms. The first kappa shape index (κ1) is 14.3. The molecule has 0 amide bonds. The van der Waals surface area contributed by atoms with Crippen LogP contribution in [0.1, 0.15) is 12.0 Å². The van der Waals surface area contributed by atoms with Gasteiger partial charge in [0.25, 0.3) is 0 Å². The molecule has 1 aromatic heterocycles. The highest BCUT2D eigenvalue weighted by Crippen LogP contribution is 2.22. The summed E-state index contributed by atoms with van der Waals surface area (Å²) in [5, 5.41) is 3.28. The van der Waals surface area contributed by atoms with Crippen LogP contribution in [0, 0.1) is 5.92 Å². The van der Waals surface area contributed by atoms with Crippen LogP contribution in [-0.2, 0) is 6.54 Å². The summed E-state index contributed by atoms with van der Waals surface area (Å²) in [6, 6.07) is 3.85. The molecule has 1 atom stereocenters. The second-order valence-electron chi connectivity index (χ2n) is 5.00. The summed E-state index contributed by atoms with van der Waals surface area (Å²) in [7, 11) is 0. The molecule has 1 aromatic rings. The third-order valence-electron chi connectivity index (χ3n) is 3.26. The van der Waals surface area contributed by atoms with Crippen LogP contribution < -0.4 is 5.32 Å². The molecule has 0 bridgehead atoms. The molecule has 0 aromatic carbocycles. The Morgan fingerprint density at radius 3 is 2.95 bits per heavy atom. The Balaban J connectivity index is 1.66. The number of likely N-dealkylation sites (tertiary alicyclic amines) is 1. The summed E-state index contributed by atoms with van der Waals surface area (Å²) in [4.78, 5) is 5.50. The highest BCUT2D eigenvalue weighted by atomic mass is 19.4. The van der Waals surface area contributed by atoms with Crippen molar-refractivity contribution in [3.05, 3.63) is 30.1 Å². The maximum absolute atomic E-state index is 12.2. The van der Waals surface area contributed by atoms with Crippen LogP contribution in [0.25, 0.3) is 0 Å². The molecule has 3 nitrogen and oxygen atoms in total. The maximum Gasteiger partial charge on any atom is 0.401 e. The Hall–Kier alpha value is -1.14. The molecule has 1 fully saturated rings. The molecular formula is C13H18F3N3. The smallest absolute Gasteiger partial charge is 0.312 e. The van der Waals surface area contributed by atoms with Gasteiger partial charge in [-0.3, -0.25) is 9.88 Å². The number of alkyl halides is 3. The highest BCUT2D eigenvalue weighted by Gasteiger charge is 2.34. The topological polar surface area (TPSA) is 28.2 Å². The Labute approximate surface area is 110 Å². The quantitative estimate of drug-likeness (QED) is 0.890. The van der Waals surface area contributed by atoms with Crippen molar-refractivity contribution in [2.45, 2.75) is 19.1 Å². The van der Waals surface area contributed by atoms with Crippen molar-refractivity contribution in [1.82, 2.24) is 15.2 Å². The van der Waals surface area contributed by atoms with E-state index in [0.717, 1.165) is 18.5 Å². The molecule has 2 heterocycles. The van der Waals surface area contributed by atoms with Gasteiger partial charge in [0.15, 0.2) is 0 Å². The highest BCUT2D eigenvalue weighted by molar-refractivity contribution is 5.07. The van der Waals surface area contributed by atoms with E-state index in [1.54, 1.807) is 12.4 Å². The zero-order valence-corrected chi connectivity index (χ0v) is 10.7. The largest absolute Gasteiger partial charge is 0.401 e. The molecule has 1 N–H and O–H groups in total. The lowest BCUT2D eigenvalue weighted by Gasteiger charge is -2.18. The Morgan fingerprint density at radius 2 is 2.26 bits per heavy atom. The first-order valence-electron chi connectivity index (χ1n) is 6.42. The monoisotopic (exact) mass is 273 g/mol. The predicted octanol–water partition coefficient (Wildman–Crippen LogP) is 2.06. The van der Waals surface area contributed by atoms with Gasteiger partial charge in [-0.15, -0.1) is 0 Å². The normalized spacial score (nSPS) is 20.9. The molecule has 0 saturated carbocycles. The van der Waals surface area contributed by atoms with Crippen molar-refractivity contribution in [3.63, 3.8) is 0 Å². The molecule has 106 valence electrons. The fourth-order valence-corrected chi connectivity index (χ4v) is 2.40. The van der Waals surface area contributed by atoms with Crippen molar-refractivity contribution in [2.75, 3.05) is 26.2 Å². The minimum atomic E-state index is -4.09. The van der Waals surface area contributed by atoms with Crippen LogP contribution in [0.4, 0.5) is 13.2 Å². The number of pyridine rings is 1. The number of aromatic nitrogens is 1. The summed E-state index contributed by atoms with van der Waals surface area (Å²) in [6.07, 6.45) is 0.251. The van der Waals surface area contributed by atoms with Crippen molar-refractivity contribution in [3.8, 4) is 0 Å². The van der Waals surface area contributed by atoms with Crippen LogP contribution in [0.15, 0.2) is 24.5 Å². The van der Waals surface area contributed by atoms with Crippen LogP contribution in [0.5, 0.6) is 0 Å². The minimum absolute atomic E-state index is 0.305. The van der Waals surface area contributed by atoms with E-state index in [-0.39, 0.29) is 0 Å². The van der Waals surface area contributed by atoms with Gasteiger partial charge in [0.05, 0.1) is 6.54 Å². The molecule has 0 aliphatic carbocycles. The molecule has 0 radical (unpaired) electrons. The standard InChI is InChI=1S/C13H18F3N3/c14-13(15,16)10-19-5-3-12(9-19)8-18-7-11-2-1-4-17-6-11/h1-2,4,6,12,18H,3,5,7-10H2. The van der Waals surface area contributed by atoms with E-state index < -0.39 is 12.7 Å². The van der Waals surface area contributed by atoms with E-state index in [0.29, 0.717) is 25.6 Å². The van der Waals surface area contributed by atoms with Gasteiger partial charge in [0, 0.05) is 25.5 Å². The van der Waals surface area contributed by atoms with Gasteiger partial charge in [-0.25, -0.2) is 0 Å². The number of nitrogens with zero attached hydrogens (tertiary/aromatic N) is 2. The van der Waals surface area contributed by atoms with E-state index in [1.807, 2.05) is 12.1 Å². The van der Waals surface area contributed by atoms with Crippen molar-refractivity contribution < 1.29 is 13.2 Å². The van der Waals surface area contributed by atoms with Crippen LogP contribution in [-0.4, -0.2) is 42.2 Å². The van der Waals surface area contributed by atoms with Gasteiger partial charge in [0.1, 0.15) is 0 Å². The third-order valence-corrected chi connectivity index (χ3v) is 3.26. The fraction of sp³-hybridized carbons (Fsp3) is 0.615. The van der Waals surface area contributed by atoms with Crippen LogP contribution >= 0.6 is 0 Å². The lowest BCUT2D eigenvalue weighted by molar-refractivity contribution is -0.143. The molecular weight excluding hydrogens is 255 g/mol. The second kappa shape index (κ2) is 6.34. The van der Waals surface area contributed by atoms with Crippen molar-refractivity contribution >= 4 is 0 Å².